The smallest absolute Gasteiger partial charge is 0.302 e. The number of allylic oxidation sites excluding steroid dienone is 2. The lowest BCUT2D eigenvalue weighted by molar-refractivity contribution is -0.170. The van der Waals surface area contributed by atoms with Gasteiger partial charge >= 0.3 is 5.97 Å². The van der Waals surface area contributed by atoms with E-state index < -0.39 is 0 Å². The number of fused-ring (bicyclic) bond motifs is 3. The Morgan fingerprint density at radius 2 is 1.79 bits per heavy atom. The number of rotatable bonds is 2. The van der Waals surface area contributed by atoms with E-state index in [0.717, 1.165) is 5.92 Å². The highest BCUT2D eigenvalue weighted by Crippen LogP contribution is 2.71. The first-order chi connectivity index (χ1) is 11.2. The van der Waals surface area contributed by atoms with E-state index in [4.69, 9.17) is 4.74 Å². The fourth-order valence-electron chi connectivity index (χ4n) is 7.71. The van der Waals surface area contributed by atoms with Crippen LogP contribution in [0.25, 0.3) is 0 Å². The number of esters is 1. The van der Waals surface area contributed by atoms with Gasteiger partial charge in [-0.2, -0.15) is 0 Å². The first-order valence-electron chi connectivity index (χ1n) is 10.1. The number of hydrogen-bond acceptors (Lipinski definition) is 2. The highest BCUT2D eigenvalue weighted by molar-refractivity contribution is 5.65. The summed E-state index contributed by atoms with van der Waals surface area (Å²) in [4.78, 5) is 11.4. The van der Waals surface area contributed by atoms with Crippen LogP contribution >= 0.6 is 0 Å². The minimum atomic E-state index is -0.122. The Morgan fingerprint density at radius 1 is 1.04 bits per heavy atom. The molecule has 0 N–H and O–H groups in total. The van der Waals surface area contributed by atoms with Crippen LogP contribution in [0.15, 0.2) is 12.2 Å². The zero-order chi connectivity index (χ0) is 17.2. The molecule has 0 aliphatic heterocycles. The van der Waals surface area contributed by atoms with Gasteiger partial charge in [0.05, 0.1) is 6.61 Å². The Labute approximate surface area is 147 Å². The first-order valence-corrected chi connectivity index (χ1v) is 10.1. The van der Waals surface area contributed by atoms with Crippen molar-refractivity contribution in [1.29, 1.82) is 0 Å². The molecule has 0 aromatic heterocycles. The third-order valence-corrected chi connectivity index (χ3v) is 8.65. The lowest BCUT2D eigenvalue weighted by Gasteiger charge is -2.64. The molecule has 6 atom stereocenters. The first kappa shape index (κ1) is 16.7. The van der Waals surface area contributed by atoms with Crippen molar-refractivity contribution >= 4 is 5.97 Å². The second-order valence-corrected chi connectivity index (χ2v) is 10.4. The summed E-state index contributed by atoms with van der Waals surface area (Å²) < 4.78 is 5.54. The summed E-state index contributed by atoms with van der Waals surface area (Å²) in [5.41, 5.74) is 1.53. The van der Waals surface area contributed by atoms with Gasteiger partial charge in [0.2, 0.25) is 0 Å². The monoisotopic (exact) mass is 330 g/mol. The molecular formula is C22H34O2. The quantitative estimate of drug-likeness (QED) is 0.492. The molecule has 24 heavy (non-hydrogen) atoms. The lowest BCUT2D eigenvalue weighted by Crippen LogP contribution is -2.57. The molecular weight excluding hydrogens is 296 g/mol. The van der Waals surface area contributed by atoms with Gasteiger partial charge in [-0.15, -0.1) is 0 Å². The van der Waals surface area contributed by atoms with Gasteiger partial charge in [-0.25, -0.2) is 0 Å². The average molecular weight is 331 g/mol. The number of hydrogen-bond donors (Lipinski definition) is 0. The third kappa shape index (κ3) is 2.24. The fourth-order valence-corrected chi connectivity index (χ4v) is 7.71. The molecule has 0 aromatic carbocycles. The Hall–Kier alpha value is -0.790. The van der Waals surface area contributed by atoms with Crippen LogP contribution in [0.5, 0.6) is 0 Å². The van der Waals surface area contributed by atoms with Crippen molar-refractivity contribution < 1.29 is 9.53 Å². The highest BCUT2D eigenvalue weighted by Gasteiger charge is 2.63. The summed E-state index contributed by atoms with van der Waals surface area (Å²) in [5.74, 6) is 1.41. The van der Waals surface area contributed by atoms with E-state index in [9.17, 15) is 4.79 Å². The van der Waals surface area contributed by atoms with Crippen LogP contribution in [0.1, 0.15) is 79.1 Å². The fraction of sp³-hybridized carbons (Fsp3) is 0.864. The van der Waals surface area contributed by atoms with Gasteiger partial charge in [0.15, 0.2) is 0 Å². The SMILES string of the molecule is CC(=O)OCC1(C)CCCC2(C)C1CCC13C=CC(C)(CCC12)C3. The maximum atomic E-state index is 11.4. The zero-order valence-corrected chi connectivity index (χ0v) is 16.0. The molecule has 2 bridgehead atoms. The predicted molar refractivity (Wildman–Crippen MR) is 96.4 cm³/mol. The van der Waals surface area contributed by atoms with Crippen LogP contribution in [0.2, 0.25) is 0 Å². The molecule has 0 aromatic rings. The predicted octanol–water partition coefficient (Wildman–Crippen LogP) is 5.52. The van der Waals surface area contributed by atoms with Crippen molar-refractivity contribution in [1.82, 2.24) is 0 Å². The molecule has 6 unspecified atom stereocenters. The minimum absolute atomic E-state index is 0.122. The maximum Gasteiger partial charge on any atom is 0.302 e. The topological polar surface area (TPSA) is 26.3 Å². The summed E-state index contributed by atoms with van der Waals surface area (Å²) in [5, 5.41) is 0. The van der Waals surface area contributed by atoms with Gasteiger partial charge in [-0.3, -0.25) is 4.79 Å². The van der Waals surface area contributed by atoms with Crippen LogP contribution in [-0.4, -0.2) is 12.6 Å². The van der Waals surface area contributed by atoms with Crippen LogP contribution < -0.4 is 0 Å². The van der Waals surface area contributed by atoms with Crippen LogP contribution in [0, 0.1) is 33.5 Å². The Bertz CT molecular complexity index is 581. The van der Waals surface area contributed by atoms with Crippen molar-refractivity contribution in [2.75, 3.05) is 6.61 Å². The molecule has 3 saturated carbocycles. The summed E-state index contributed by atoms with van der Waals surface area (Å²) in [7, 11) is 0. The van der Waals surface area contributed by atoms with Crippen molar-refractivity contribution in [3.63, 3.8) is 0 Å². The number of carbonyl (C=O) groups is 1. The van der Waals surface area contributed by atoms with Crippen LogP contribution in [0.3, 0.4) is 0 Å². The normalized spacial score (nSPS) is 52.5. The molecule has 3 fully saturated rings. The van der Waals surface area contributed by atoms with E-state index in [0.29, 0.717) is 28.8 Å². The summed E-state index contributed by atoms with van der Waals surface area (Å²) in [6.45, 7) is 9.62. The van der Waals surface area contributed by atoms with Gasteiger partial charge in [0.25, 0.3) is 0 Å². The van der Waals surface area contributed by atoms with Gasteiger partial charge in [-0.1, -0.05) is 39.3 Å². The molecule has 0 radical (unpaired) electrons. The molecule has 0 saturated heterocycles. The molecule has 2 heteroatoms. The van der Waals surface area contributed by atoms with E-state index in [2.05, 4.69) is 32.9 Å². The van der Waals surface area contributed by atoms with Crippen molar-refractivity contribution in [2.45, 2.75) is 79.1 Å². The Morgan fingerprint density at radius 3 is 2.54 bits per heavy atom. The number of carbonyl (C=O) groups excluding carboxylic acids is 1. The van der Waals surface area contributed by atoms with Crippen molar-refractivity contribution in [3.05, 3.63) is 12.2 Å². The average Bonchev–Trinajstić information content (AvgIpc) is 2.75. The molecule has 0 heterocycles. The summed E-state index contributed by atoms with van der Waals surface area (Å²) in [6, 6.07) is 0. The van der Waals surface area contributed by atoms with Gasteiger partial charge in [0, 0.05) is 12.3 Å². The Balaban J connectivity index is 1.65. The second kappa shape index (κ2) is 5.11. The summed E-state index contributed by atoms with van der Waals surface area (Å²) in [6.07, 6.45) is 15.8. The van der Waals surface area contributed by atoms with Crippen LogP contribution in [-0.2, 0) is 9.53 Å². The minimum Gasteiger partial charge on any atom is -0.465 e. The molecule has 4 aliphatic rings. The van der Waals surface area contributed by atoms with Gasteiger partial charge in [-0.05, 0) is 73.0 Å². The standard InChI is InChI=1S/C22H34O2/c1-16(23)24-15-20(3)8-5-9-21(4)17(20)7-11-22-13-12-19(2,14-22)10-6-18(21)22/h12-13,17-18H,5-11,14-15H2,1-4H3. The maximum absolute atomic E-state index is 11.4. The molecule has 2 nitrogen and oxygen atoms in total. The molecule has 1 spiro atoms. The highest BCUT2D eigenvalue weighted by atomic mass is 16.5. The summed E-state index contributed by atoms with van der Waals surface area (Å²) >= 11 is 0. The lowest BCUT2D eigenvalue weighted by atomic mass is 9.40. The second-order valence-electron chi connectivity index (χ2n) is 10.4. The molecule has 4 aliphatic carbocycles. The Kier molecular flexibility index (Phi) is 3.55. The third-order valence-electron chi connectivity index (χ3n) is 8.65. The van der Waals surface area contributed by atoms with Crippen molar-refractivity contribution in [3.8, 4) is 0 Å². The molecule has 4 rings (SSSR count). The zero-order valence-electron chi connectivity index (χ0n) is 16.0. The van der Waals surface area contributed by atoms with Crippen LogP contribution in [0.4, 0.5) is 0 Å². The largest absolute Gasteiger partial charge is 0.465 e. The molecule has 134 valence electrons. The van der Waals surface area contributed by atoms with E-state index in [1.807, 2.05) is 0 Å². The molecule has 0 amide bonds. The van der Waals surface area contributed by atoms with E-state index in [-0.39, 0.29) is 11.4 Å². The van der Waals surface area contributed by atoms with Gasteiger partial charge < -0.3 is 4.74 Å². The van der Waals surface area contributed by atoms with Gasteiger partial charge in [0.1, 0.15) is 0 Å². The van der Waals surface area contributed by atoms with E-state index in [1.54, 1.807) is 6.92 Å². The van der Waals surface area contributed by atoms with E-state index in [1.165, 1.54) is 51.4 Å². The number of ether oxygens (including phenoxy) is 1. The van der Waals surface area contributed by atoms with Crippen molar-refractivity contribution in [2.24, 2.45) is 33.5 Å². The van der Waals surface area contributed by atoms with E-state index >= 15 is 0 Å².